The van der Waals surface area contributed by atoms with Gasteiger partial charge in [0, 0.05) is 18.3 Å². The fourth-order valence-corrected chi connectivity index (χ4v) is 4.43. The van der Waals surface area contributed by atoms with E-state index in [1.165, 1.54) is 17.7 Å². The lowest BCUT2D eigenvalue weighted by atomic mass is 9.85. The van der Waals surface area contributed by atoms with Gasteiger partial charge in [0.25, 0.3) is 0 Å². The van der Waals surface area contributed by atoms with E-state index in [0.717, 1.165) is 34.7 Å². The SMILES string of the molecule is CC(C)(C)c1ccc2c(C3C=CN(S(=O)(=O)C(F)(F)F)C=C3)cc(C(C)(C)C)c-2cc1. The molecule has 0 saturated heterocycles. The van der Waals surface area contributed by atoms with Crippen LogP contribution in [0.2, 0.25) is 0 Å². The van der Waals surface area contributed by atoms with E-state index in [1.807, 2.05) is 0 Å². The van der Waals surface area contributed by atoms with Crippen LogP contribution in [0.25, 0.3) is 11.1 Å². The van der Waals surface area contributed by atoms with Crippen molar-refractivity contribution in [3.8, 4) is 11.1 Å². The van der Waals surface area contributed by atoms with Gasteiger partial charge in [0.05, 0.1) is 0 Å². The average Bonchev–Trinajstić information content (AvgIpc) is 2.84. The molecule has 31 heavy (non-hydrogen) atoms. The van der Waals surface area contributed by atoms with Crippen molar-refractivity contribution in [2.45, 2.75) is 63.8 Å². The smallest absolute Gasteiger partial charge is 0.246 e. The predicted molar refractivity (Wildman–Crippen MR) is 118 cm³/mol. The normalized spacial score (nSPS) is 16.4. The topological polar surface area (TPSA) is 37.4 Å². The first kappa shape index (κ1) is 23.4. The van der Waals surface area contributed by atoms with Gasteiger partial charge in [-0.05, 0) is 38.6 Å². The van der Waals surface area contributed by atoms with Crippen LogP contribution >= 0.6 is 0 Å². The minimum atomic E-state index is -5.44. The van der Waals surface area contributed by atoms with Crippen molar-refractivity contribution in [2.75, 3.05) is 0 Å². The van der Waals surface area contributed by atoms with Crippen LogP contribution in [0.5, 0.6) is 0 Å². The lowest BCUT2D eigenvalue weighted by Crippen LogP contribution is -2.35. The summed E-state index contributed by atoms with van der Waals surface area (Å²) < 4.78 is 62.1. The minimum Gasteiger partial charge on any atom is -0.246 e. The molecule has 3 rings (SSSR count). The molecular formula is C24H28F3NO2S. The van der Waals surface area contributed by atoms with E-state index >= 15 is 0 Å². The maximum atomic E-state index is 12.9. The van der Waals surface area contributed by atoms with Gasteiger partial charge in [0.15, 0.2) is 0 Å². The van der Waals surface area contributed by atoms with Crippen LogP contribution in [0.1, 0.15) is 64.2 Å². The third-order valence-electron chi connectivity index (χ3n) is 5.53. The zero-order valence-electron chi connectivity index (χ0n) is 18.6. The van der Waals surface area contributed by atoms with Gasteiger partial charge in [-0.1, -0.05) is 84.0 Å². The van der Waals surface area contributed by atoms with Gasteiger partial charge >= 0.3 is 15.5 Å². The van der Waals surface area contributed by atoms with Gasteiger partial charge in [-0.15, -0.1) is 0 Å². The summed E-state index contributed by atoms with van der Waals surface area (Å²) in [6.45, 7) is 12.8. The van der Waals surface area contributed by atoms with E-state index < -0.39 is 15.5 Å². The zero-order chi connectivity index (χ0) is 23.4. The van der Waals surface area contributed by atoms with E-state index in [9.17, 15) is 21.6 Å². The molecule has 0 amide bonds. The monoisotopic (exact) mass is 451 g/mol. The van der Waals surface area contributed by atoms with Crippen molar-refractivity contribution in [3.05, 3.63) is 71.6 Å². The fourth-order valence-electron chi connectivity index (χ4n) is 3.73. The summed E-state index contributed by atoms with van der Waals surface area (Å²) in [7, 11) is -5.44. The van der Waals surface area contributed by atoms with Gasteiger partial charge < -0.3 is 0 Å². The van der Waals surface area contributed by atoms with E-state index in [-0.39, 0.29) is 21.1 Å². The third kappa shape index (κ3) is 4.38. The Morgan fingerprint density at radius 2 is 1.32 bits per heavy atom. The molecule has 2 aliphatic carbocycles. The Morgan fingerprint density at radius 3 is 1.77 bits per heavy atom. The van der Waals surface area contributed by atoms with Crippen molar-refractivity contribution in [1.29, 1.82) is 0 Å². The summed E-state index contributed by atoms with van der Waals surface area (Å²) >= 11 is 0. The van der Waals surface area contributed by atoms with Crippen molar-refractivity contribution >= 4 is 10.0 Å². The molecular weight excluding hydrogens is 423 g/mol. The molecule has 0 bridgehead atoms. The number of fused-ring (bicyclic) bond motifs is 1. The van der Waals surface area contributed by atoms with Gasteiger partial charge in [0.1, 0.15) is 0 Å². The maximum absolute atomic E-state index is 12.9. The Morgan fingerprint density at radius 1 is 0.806 bits per heavy atom. The van der Waals surface area contributed by atoms with Crippen molar-refractivity contribution < 1.29 is 21.6 Å². The largest absolute Gasteiger partial charge is 0.517 e. The number of hydrogen-bond donors (Lipinski definition) is 0. The highest BCUT2D eigenvalue weighted by atomic mass is 32.2. The van der Waals surface area contributed by atoms with Gasteiger partial charge in [-0.2, -0.15) is 21.6 Å². The van der Waals surface area contributed by atoms with Crippen LogP contribution in [-0.4, -0.2) is 18.2 Å². The van der Waals surface area contributed by atoms with Gasteiger partial charge in [-0.3, -0.25) is 0 Å². The zero-order valence-corrected chi connectivity index (χ0v) is 19.4. The Bertz CT molecular complexity index is 1100. The molecule has 0 radical (unpaired) electrons. The summed E-state index contributed by atoms with van der Waals surface area (Å²) in [4.78, 5) is 0. The molecule has 3 nitrogen and oxygen atoms in total. The number of alkyl halides is 3. The molecule has 1 aliphatic heterocycles. The molecule has 0 N–H and O–H groups in total. The summed E-state index contributed by atoms with van der Waals surface area (Å²) in [5, 5.41) is 0. The molecule has 0 aromatic carbocycles. The lowest BCUT2D eigenvalue weighted by molar-refractivity contribution is -0.0468. The van der Waals surface area contributed by atoms with E-state index in [0.29, 0.717) is 0 Å². The second-order valence-electron chi connectivity index (χ2n) is 9.95. The quantitative estimate of drug-likeness (QED) is 0.512. The highest BCUT2D eigenvalue weighted by molar-refractivity contribution is 7.90. The molecule has 0 aromatic heterocycles. The molecule has 1 heterocycles. The molecule has 0 saturated carbocycles. The molecule has 0 spiro atoms. The van der Waals surface area contributed by atoms with E-state index in [2.05, 4.69) is 71.9 Å². The van der Waals surface area contributed by atoms with Crippen LogP contribution in [0.3, 0.4) is 0 Å². The van der Waals surface area contributed by atoms with Crippen LogP contribution in [-0.2, 0) is 20.9 Å². The molecule has 0 aromatic rings. The number of halogens is 3. The van der Waals surface area contributed by atoms with Gasteiger partial charge in [0.2, 0.25) is 0 Å². The number of hydrogen-bond acceptors (Lipinski definition) is 2. The van der Waals surface area contributed by atoms with Crippen LogP contribution in [0.15, 0.2) is 54.9 Å². The molecule has 0 unspecified atom stereocenters. The van der Waals surface area contributed by atoms with E-state index in [4.69, 9.17) is 0 Å². The van der Waals surface area contributed by atoms with Crippen molar-refractivity contribution in [2.24, 2.45) is 0 Å². The molecule has 3 aliphatic rings. The molecule has 7 heteroatoms. The second-order valence-corrected chi connectivity index (χ2v) is 11.8. The maximum Gasteiger partial charge on any atom is 0.517 e. The first-order valence-corrected chi connectivity index (χ1v) is 11.5. The van der Waals surface area contributed by atoms with Gasteiger partial charge in [-0.25, -0.2) is 4.31 Å². The van der Waals surface area contributed by atoms with Crippen molar-refractivity contribution in [1.82, 2.24) is 4.31 Å². The number of sulfonamides is 1. The molecule has 0 fully saturated rings. The van der Waals surface area contributed by atoms with E-state index in [1.54, 1.807) is 0 Å². The fraction of sp³-hybridized carbons (Fsp3) is 0.417. The Labute approximate surface area is 182 Å². The first-order chi connectivity index (χ1) is 14.0. The van der Waals surface area contributed by atoms with Crippen molar-refractivity contribution in [3.63, 3.8) is 0 Å². The minimum absolute atomic E-state index is 0.0321. The summed E-state index contributed by atoms with van der Waals surface area (Å²) in [5.74, 6) is -0.334. The first-order valence-electron chi connectivity index (χ1n) is 10.1. The average molecular weight is 452 g/mol. The number of rotatable bonds is 2. The highest BCUT2D eigenvalue weighted by Gasteiger charge is 2.49. The summed E-state index contributed by atoms with van der Waals surface area (Å²) in [6.07, 6.45) is 4.93. The summed E-state index contributed by atoms with van der Waals surface area (Å²) in [5.41, 5.74) is -0.175. The molecule has 0 atom stereocenters. The lowest BCUT2D eigenvalue weighted by Gasteiger charge is -2.22. The predicted octanol–water partition coefficient (Wildman–Crippen LogP) is 6.66. The number of allylic oxidation sites excluding steroid dienone is 2. The Kier molecular flexibility index (Phi) is 5.58. The Hall–Kier alpha value is -2.28. The highest BCUT2D eigenvalue weighted by Crippen LogP contribution is 2.44. The summed E-state index contributed by atoms with van der Waals surface area (Å²) in [6, 6.07) is 10.4. The van der Waals surface area contributed by atoms with Crippen LogP contribution < -0.4 is 0 Å². The standard InChI is InChI=1S/C24H28F3NO2S/c1-22(2,3)17-7-9-18-19(10-8-17)21(23(4,5)6)15-20(18)16-11-13-28(14-12-16)31(29,30)24(25,26)27/h7-16H,1-6H3. The second kappa shape index (κ2) is 7.40. The third-order valence-corrected chi connectivity index (χ3v) is 6.92. The van der Waals surface area contributed by atoms with Crippen LogP contribution in [0, 0.1) is 0 Å². The number of nitrogens with zero attached hydrogens (tertiary/aromatic N) is 1. The van der Waals surface area contributed by atoms with Crippen LogP contribution in [0.4, 0.5) is 13.2 Å². The Balaban J connectivity index is 2.10. The molecule has 168 valence electrons.